The van der Waals surface area contributed by atoms with Crippen LogP contribution < -0.4 is 15.4 Å². The molecule has 0 spiro atoms. The average Bonchev–Trinajstić information content (AvgIpc) is 3.47. The fraction of sp³-hybridized carbons (Fsp3) is 0.476. The zero-order valence-electron chi connectivity index (χ0n) is 18.1. The molecule has 2 aliphatic heterocycles. The van der Waals surface area contributed by atoms with Crippen molar-refractivity contribution in [2.75, 3.05) is 65.0 Å². The molecule has 1 atom stereocenters. The van der Waals surface area contributed by atoms with Gasteiger partial charge in [0.25, 0.3) is 0 Å². The molecule has 0 aliphatic carbocycles. The number of fused-ring (bicyclic) bond motifs is 1. The molecule has 4 heterocycles. The number of piperazine rings is 1. The van der Waals surface area contributed by atoms with Crippen molar-refractivity contribution >= 4 is 44.1 Å². The van der Waals surface area contributed by atoms with Gasteiger partial charge in [-0.15, -0.1) is 22.7 Å². The first-order chi connectivity index (χ1) is 15.5. The van der Waals surface area contributed by atoms with Crippen molar-refractivity contribution in [3.63, 3.8) is 0 Å². The summed E-state index contributed by atoms with van der Waals surface area (Å²) in [5.74, 6) is 0.697. The van der Waals surface area contributed by atoms with Crippen LogP contribution in [0.15, 0.2) is 17.5 Å². The fourth-order valence-corrected chi connectivity index (χ4v) is 6.19. The second-order valence-electron chi connectivity index (χ2n) is 7.97. The number of benzene rings is 1. The molecule has 2 N–H and O–H groups in total. The van der Waals surface area contributed by atoms with E-state index in [2.05, 4.69) is 22.2 Å². The van der Waals surface area contributed by atoms with Gasteiger partial charge in [-0.1, -0.05) is 0 Å². The van der Waals surface area contributed by atoms with Gasteiger partial charge in [-0.3, -0.25) is 0 Å². The number of aromatic nitrogens is 2. The standard InChI is InChI=1S/C21H26N6O3S2/c1-25-5-7-26(8-6-25)21-23-14(12-31-21)13-3-4-16(29-2)17-18(13)32-19(24-17)15-11-30-10-9-27(15)20(22)28/h3-4,12,15H,5-11H2,1-2H3,(H2,22,28). The Morgan fingerprint density at radius 1 is 1.22 bits per heavy atom. The summed E-state index contributed by atoms with van der Waals surface area (Å²) in [7, 11) is 3.79. The number of hydrogen-bond donors (Lipinski definition) is 1. The average molecular weight is 475 g/mol. The number of thiazole rings is 2. The molecule has 1 unspecified atom stereocenters. The largest absolute Gasteiger partial charge is 0.494 e. The number of nitrogens with two attached hydrogens (primary N) is 1. The number of morpholine rings is 1. The van der Waals surface area contributed by atoms with Gasteiger partial charge < -0.3 is 29.9 Å². The summed E-state index contributed by atoms with van der Waals surface area (Å²) in [4.78, 5) is 28.1. The molecular formula is C21H26N6O3S2. The highest BCUT2D eigenvalue weighted by Crippen LogP contribution is 2.41. The number of hydrogen-bond acceptors (Lipinski definition) is 9. The van der Waals surface area contributed by atoms with Crippen molar-refractivity contribution in [1.82, 2.24) is 19.8 Å². The molecule has 1 aromatic carbocycles. The molecule has 3 aromatic rings. The van der Waals surface area contributed by atoms with E-state index in [9.17, 15) is 4.79 Å². The molecule has 11 heteroatoms. The van der Waals surface area contributed by atoms with Gasteiger partial charge in [0.2, 0.25) is 0 Å². The molecule has 0 radical (unpaired) electrons. The summed E-state index contributed by atoms with van der Waals surface area (Å²) in [6, 6.07) is 3.21. The van der Waals surface area contributed by atoms with Crippen LogP contribution in [0.5, 0.6) is 5.75 Å². The first-order valence-electron chi connectivity index (χ1n) is 10.6. The molecule has 5 rings (SSSR count). The first-order valence-corrected chi connectivity index (χ1v) is 12.3. The highest BCUT2D eigenvalue weighted by molar-refractivity contribution is 7.19. The van der Waals surface area contributed by atoms with Crippen LogP contribution in [-0.4, -0.2) is 85.9 Å². The van der Waals surface area contributed by atoms with E-state index in [1.807, 2.05) is 12.1 Å². The topological polar surface area (TPSA) is 97.0 Å². The molecule has 9 nitrogen and oxygen atoms in total. The summed E-state index contributed by atoms with van der Waals surface area (Å²) in [6.07, 6.45) is 0. The highest BCUT2D eigenvalue weighted by atomic mass is 32.1. The molecule has 170 valence electrons. The fourth-order valence-electron chi connectivity index (χ4n) is 4.11. The number of urea groups is 1. The third-order valence-corrected chi connectivity index (χ3v) is 8.07. The summed E-state index contributed by atoms with van der Waals surface area (Å²) in [6.45, 7) is 5.37. The third-order valence-electron chi connectivity index (χ3n) is 5.98. The molecular weight excluding hydrogens is 448 g/mol. The SMILES string of the molecule is COc1ccc(-c2csc(N3CCN(C)CC3)n2)c2sc(C3COCCN3C(N)=O)nc12. The normalized spacial score (nSPS) is 20.1. The van der Waals surface area contributed by atoms with Crippen molar-refractivity contribution in [2.24, 2.45) is 5.73 Å². The van der Waals surface area contributed by atoms with Gasteiger partial charge in [0, 0.05) is 43.7 Å². The minimum atomic E-state index is -0.457. The van der Waals surface area contributed by atoms with Gasteiger partial charge in [0.05, 0.1) is 30.7 Å². The molecule has 0 bridgehead atoms. The van der Waals surface area contributed by atoms with Gasteiger partial charge >= 0.3 is 6.03 Å². The number of likely N-dealkylation sites (N-methyl/N-ethyl adjacent to an activating group) is 1. The number of methoxy groups -OCH3 is 1. The zero-order valence-corrected chi connectivity index (χ0v) is 19.7. The van der Waals surface area contributed by atoms with Crippen molar-refractivity contribution in [3.05, 3.63) is 22.5 Å². The van der Waals surface area contributed by atoms with E-state index in [1.165, 1.54) is 0 Å². The van der Waals surface area contributed by atoms with E-state index in [1.54, 1.807) is 34.7 Å². The Labute approximate surface area is 194 Å². The summed E-state index contributed by atoms with van der Waals surface area (Å²) in [5, 5.41) is 3.94. The maximum absolute atomic E-state index is 12.0. The Hall–Kier alpha value is -2.47. The Balaban J connectivity index is 1.52. The van der Waals surface area contributed by atoms with E-state index in [-0.39, 0.29) is 6.04 Å². The van der Waals surface area contributed by atoms with Gasteiger partial charge in [-0.05, 0) is 19.2 Å². The number of nitrogens with zero attached hydrogens (tertiary/aromatic N) is 5. The molecule has 32 heavy (non-hydrogen) atoms. The van der Waals surface area contributed by atoms with E-state index >= 15 is 0 Å². The third kappa shape index (κ3) is 3.90. The summed E-state index contributed by atoms with van der Waals surface area (Å²) in [5.41, 5.74) is 8.33. The summed E-state index contributed by atoms with van der Waals surface area (Å²) < 4.78 is 12.2. The minimum absolute atomic E-state index is 0.299. The molecule has 0 saturated carbocycles. The van der Waals surface area contributed by atoms with Crippen LogP contribution in [0.1, 0.15) is 11.0 Å². The molecule has 2 aromatic heterocycles. The Morgan fingerprint density at radius 2 is 2.03 bits per heavy atom. The van der Waals surface area contributed by atoms with Crippen LogP contribution in [0, 0.1) is 0 Å². The van der Waals surface area contributed by atoms with E-state index in [4.69, 9.17) is 25.2 Å². The molecule has 2 aliphatic rings. The molecule has 2 fully saturated rings. The monoisotopic (exact) mass is 474 g/mol. The number of carbonyl (C=O) groups is 1. The highest BCUT2D eigenvalue weighted by Gasteiger charge is 2.31. The van der Waals surface area contributed by atoms with Crippen LogP contribution in [0.2, 0.25) is 0 Å². The number of primary amides is 1. The smallest absolute Gasteiger partial charge is 0.315 e. The van der Waals surface area contributed by atoms with Crippen LogP contribution in [0.3, 0.4) is 0 Å². The summed E-state index contributed by atoms with van der Waals surface area (Å²) >= 11 is 3.21. The van der Waals surface area contributed by atoms with E-state index in [0.29, 0.717) is 25.5 Å². The van der Waals surface area contributed by atoms with Crippen LogP contribution >= 0.6 is 22.7 Å². The van der Waals surface area contributed by atoms with Gasteiger partial charge in [0.15, 0.2) is 5.13 Å². The van der Waals surface area contributed by atoms with Gasteiger partial charge in [-0.25, -0.2) is 14.8 Å². The lowest BCUT2D eigenvalue weighted by molar-refractivity contribution is 0.0137. The number of amides is 2. The first kappa shape index (κ1) is 21.4. The number of carbonyl (C=O) groups excluding carboxylic acids is 1. The number of anilines is 1. The van der Waals surface area contributed by atoms with Crippen LogP contribution in [0.25, 0.3) is 21.5 Å². The lowest BCUT2D eigenvalue weighted by atomic mass is 10.1. The molecule has 2 amide bonds. The maximum atomic E-state index is 12.0. The predicted octanol–water partition coefficient (Wildman–Crippen LogP) is 2.63. The van der Waals surface area contributed by atoms with E-state index in [0.717, 1.165) is 57.8 Å². The molecule has 2 saturated heterocycles. The second-order valence-corrected chi connectivity index (χ2v) is 9.84. The van der Waals surface area contributed by atoms with Gasteiger partial charge in [0.1, 0.15) is 22.3 Å². The van der Waals surface area contributed by atoms with Crippen molar-refractivity contribution < 1.29 is 14.3 Å². The lowest BCUT2D eigenvalue weighted by Crippen LogP contribution is -2.45. The zero-order chi connectivity index (χ0) is 22.2. The Kier molecular flexibility index (Phi) is 5.89. The van der Waals surface area contributed by atoms with Crippen LogP contribution in [-0.2, 0) is 4.74 Å². The quantitative estimate of drug-likeness (QED) is 0.621. The van der Waals surface area contributed by atoms with Crippen LogP contribution in [0.4, 0.5) is 9.93 Å². The maximum Gasteiger partial charge on any atom is 0.315 e. The second kappa shape index (κ2) is 8.81. The Bertz CT molecular complexity index is 1120. The lowest BCUT2D eigenvalue weighted by Gasteiger charge is -2.32. The van der Waals surface area contributed by atoms with Gasteiger partial charge in [-0.2, -0.15) is 0 Å². The Morgan fingerprint density at radius 3 is 2.78 bits per heavy atom. The van der Waals surface area contributed by atoms with Crippen molar-refractivity contribution in [2.45, 2.75) is 6.04 Å². The van der Waals surface area contributed by atoms with E-state index < -0.39 is 6.03 Å². The minimum Gasteiger partial charge on any atom is -0.494 e. The van der Waals surface area contributed by atoms with Crippen molar-refractivity contribution in [1.29, 1.82) is 0 Å². The van der Waals surface area contributed by atoms with Crippen molar-refractivity contribution in [3.8, 4) is 17.0 Å². The predicted molar refractivity (Wildman–Crippen MR) is 127 cm³/mol. The number of ether oxygens (including phenoxy) is 2. The number of rotatable bonds is 4.